The van der Waals surface area contributed by atoms with Crippen molar-refractivity contribution in [3.8, 4) is 0 Å². The summed E-state index contributed by atoms with van der Waals surface area (Å²) in [5.41, 5.74) is 1.25. The second kappa shape index (κ2) is 5.27. The van der Waals surface area contributed by atoms with Gasteiger partial charge in [-0.2, -0.15) is 0 Å². The predicted octanol–water partition coefficient (Wildman–Crippen LogP) is 2.56. The monoisotopic (exact) mass is 235 g/mol. The number of nitrogens with zero attached hydrogens (tertiary/aromatic N) is 2. The van der Waals surface area contributed by atoms with Crippen molar-refractivity contribution in [2.45, 2.75) is 33.5 Å². The number of nitrogens with one attached hydrogen (secondary N) is 1. The third kappa shape index (κ3) is 2.71. The first-order chi connectivity index (χ1) is 7.79. The van der Waals surface area contributed by atoms with Crippen molar-refractivity contribution >= 4 is 11.3 Å². The van der Waals surface area contributed by atoms with Gasteiger partial charge in [0.15, 0.2) is 0 Å². The van der Waals surface area contributed by atoms with Crippen LogP contribution in [0.15, 0.2) is 24.7 Å². The zero-order valence-corrected chi connectivity index (χ0v) is 10.5. The fraction of sp³-hybridized carbons (Fsp3) is 0.417. The van der Waals surface area contributed by atoms with Gasteiger partial charge in [-0.05, 0) is 26.0 Å². The highest BCUT2D eigenvalue weighted by Crippen LogP contribution is 2.14. The zero-order chi connectivity index (χ0) is 11.4. The molecule has 0 unspecified atom stereocenters. The molecule has 2 aromatic rings. The summed E-state index contributed by atoms with van der Waals surface area (Å²) in [6.07, 6.45) is 3.81. The maximum Gasteiger partial charge on any atom is 0.0948 e. The van der Waals surface area contributed by atoms with E-state index < -0.39 is 0 Å². The van der Waals surface area contributed by atoms with Crippen LogP contribution in [0, 0.1) is 6.92 Å². The van der Waals surface area contributed by atoms with Crippen molar-refractivity contribution in [3.63, 3.8) is 0 Å². The molecule has 0 bridgehead atoms. The standard InChI is InChI=1S/C12H17N3S/c1-3-15-9-14-7-11(15)6-13-8-12-5-4-10(2)16-12/h4-5,7,9,13H,3,6,8H2,1-2H3. The van der Waals surface area contributed by atoms with Gasteiger partial charge in [0.1, 0.15) is 0 Å². The molecule has 2 heterocycles. The second-order valence-corrected chi connectivity index (χ2v) is 5.16. The molecule has 0 aromatic carbocycles. The van der Waals surface area contributed by atoms with Crippen LogP contribution in [0.25, 0.3) is 0 Å². The average molecular weight is 235 g/mol. The molecule has 0 radical (unpaired) electrons. The number of aromatic nitrogens is 2. The average Bonchev–Trinajstić information content (AvgIpc) is 2.87. The Morgan fingerprint density at radius 3 is 2.94 bits per heavy atom. The minimum absolute atomic E-state index is 0.880. The maximum atomic E-state index is 4.15. The van der Waals surface area contributed by atoms with Crippen LogP contribution in [0.4, 0.5) is 0 Å². The number of hydrogen-bond acceptors (Lipinski definition) is 3. The number of imidazole rings is 1. The summed E-state index contributed by atoms with van der Waals surface area (Å²) in [7, 11) is 0. The third-order valence-electron chi connectivity index (χ3n) is 2.54. The zero-order valence-electron chi connectivity index (χ0n) is 9.73. The molecule has 0 atom stereocenters. The van der Waals surface area contributed by atoms with Crippen molar-refractivity contribution in [2.24, 2.45) is 0 Å². The normalized spacial score (nSPS) is 10.9. The molecule has 2 aromatic heterocycles. The fourth-order valence-electron chi connectivity index (χ4n) is 1.67. The van der Waals surface area contributed by atoms with Gasteiger partial charge >= 0.3 is 0 Å². The molecule has 0 aliphatic carbocycles. The highest BCUT2D eigenvalue weighted by Gasteiger charge is 2.00. The van der Waals surface area contributed by atoms with Crippen molar-refractivity contribution in [2.75, 3.05) is 0 Å². The van der Waals surface area contributed by atoms with Crippen LogP contribution in [-0.2, 0) is 19.6 Å². The second-order valence-electron chi connectivity index (χ2n) is 3.79. The molecule has 0 saturated carbocycles. The summed E-state index contributed by atoms with van der Waals surface area (Å²) in [5, 5.41) is 3.44. The quantitative estimate of drug-likeness (QED) is 0.863. The van der Waals surface area contributed by atoms with Crippen molar-refractivity contribution in [3.05, 3.63) is 40.1 Å². The minimum atomic E-state index is 0.880. The Hall–Kier alpha value is -1.13. The Kier molecular flexibility index (Phi) is 3.74. The van der Waals surface area contributed by atoms with Gasteiger partial charge < -0.3 is 9.88 Å². The van der Waals surface area contributed by atoms with E-state index in [9.17, 15) is 0 Å². The topological polar surface area (TPSA) is 29.9 Å². The Morgan fingerprint density at radius 1 is 1.38 bits per heavy atom. The van der Waals surface area contributed by atoms with Crippen molar-refractivity contribution in [1.82, 2.24) is 14.9 Å². The molecule has 4 heteroatoms. The van der Waals surface area contributed by atoms with Gasteiger partial charge in [0.25, 0.3) is 0 Å². The number of aryl methyl sites for hydroxylation is 2. The molecule has 0 aliphatic heterocycles. The van der Waals surface area contributed by atoms with E-state index in [1.165, 1.54) is 15.4 Å². The summed E-state index contributed by atoms with van der Waals surface area (Å²) >= 11 is 1.85. The first-order valence-corrected chi connectivity index (χ1v) is 6.36. The van der Waals surface area contributed by atoms with Crippen LogP contribution in [-0.4, -0.2) is 9.55 Å². The van der Waals surface area contributed by atoms with Gasteiger partial charge in [0, 0.05) is 35.6 Å². The van der Waals surface area contributed by atoms with Crippen LogP contribution in [0.2, 0.25) is 0 Å². The predicted molar refractivity (Wildman–Crippen MR) is 67.5 cm³/mol. The van der Waals surface area contributed by atoms with E-state index in [0.29, 0.717) is 0 Å². The first-order valence-electron chi connectivity index (χ1n) is 5.54. The largest absolute Gasteiger partial charge is 0.334 e. The molecular weight excluding hydrogens is 218 g/mol. The molecule has 0 fully saturated rings. The van der Waals surface area contributed by atoms with E-state index >= 15 is 0 Å². The third-order valence-corrected chi connectivity index (χ3v) is 3.54. The van der Waals surface area contributed by atoms with Gasteiger partial charge in [-0.3, -0.25) is 0 Å². The van der Waals surface area contributed by atoms with E-state index in [1.807, 2.05) is 23.9 Å². The van der Waals surface area contributed by atoms with Crippen LogP contribution in [0.1, 0.15) is 22.4 Å². The molecule has 3 nitrogen and oxygen atoms in total. The summed E-state index contributed by atoms with van der Waals surface area (Å²) in [6, 6.07) is 4.35. The van der Waals surface area contributed by atoms with E-state index in [0.717, 1.165) is 19.6 Å². The Labute approximate surface area is 100 Å². The smallest absolute Gasteiger partial charge is 0.0948 e. The molecule has 0 saturated heterocycles. The molecule has 2 rings (SSSR count). The lowest BCUT2D eigenvalue weighted by Crippen LogP contribution is -2.14. The molecule has 16 heavy (non-hydrogen) atoms. The SMILES string of the molecule is CCn1cncc1CNCc1ccc(C)s1. The minimum Gasteiger partial charge on any atom is -0.334 e. The fourth-order valence-corrected chi connectivity index (χ4v) is 2.53. The van der Waals surface area contributed by atoms with Crippen LogP contribution in [0.5, 0.6) is 0 Å². The van der Waals surface area contributed by atoms with E-state index in [-0.39, 0.29) is 0 Å². The number of thiophene rings is 1. The lowest BCUT2D eigenvalue weighted by Gasteiger charge is -2.05. The molecule has 0 aliphatic rings. The van der Waals surface area contributed by atoms with E-state index in [4.69, 9.17) is 0 Å². The molecule has 0 amide bonds. The molecule has 86 valence electrons. The summed E-state index contributed by atoms with van der Waals surface area (Å²) in [4.78, 5) is 6.91. The first kappa shape index (κ1) is 11.4. The van der Waals surface area contributed by atoms with E-state index in [2.05, 4.69) is 40.8 Å². The lowest BCUT2D eigenvalue weighted by atomic mass is 10.4. The Morgan fingerprint density at radius 2 is 2.25 bits per heavy atom. The summed E-state index contributed by atoms with van der Waals surface area (Å²) in [5.74, 6) is 0. The van der Waals surface area contributed by atoms with Crippen molar-refractivity contribution < 1.29 is 0 Å². The molecular formula is C12H17N3S. The van der Waals surface area contributed by atoms with Gasteiger partial charge in [-0.15, -0.1) is 11.3 Å². The summed E-state index contributed by atoms with van der Waals surface area (Å²) < 4.78 is 2.16. The van der Waals surface area contributed by atoms with Crippen LogP contribution in [0.3, 0.4) is 0 Å². The van der Waals surface area contributed by atoms with Gasteiger partial charge in [-0.1, -0.05) is 0 Å². The maximum absolute atomic E-state index is 4.15. The van der Waals surface area contributed by atoms with Crippen LogP contribution >= 0.6 is 11.3 Å². The Bertz CT molecular complexity index is 445. The van der Waals surface area contributed by atoms with Gasteiger partial charge in [0.2, 0.25) is 0 Å². The summed E-state index contributed by atoms with van der Waals surface area (Å²) in [6.45, 7) is 7.07. The van der Waals surface area contributed by atoms with E-state index in [1.54, 1.807) is 0 Å². The Balaban J connectivity index is 1.84. The number of hydrogen-bond donors (Lipinski definition) is 1. The van der Waals surface area contributed by atoms with Gasteiger partial charge in [-0.25, -0.2) is 4.98 Å². The lowest BCUT2D eigenvalue weighted by molar-refractivity contribution is 0.632. The molecule has 1 N–H and O–H groups in total. The number of rotatable bonds is 5. The van der Waals surface area contributed by atoms with Crippen LogP contribution < -0.4 is 5.32 Å². The highest BCUT2D eigenvalue weighted by molar-refractivity contribution is 7.11. The molecule has 0 spiro atoms. The highest BCUT2D eigenvalue weighted by atomic mass is 32.1. The van der Waals surface area contributed by atoms with Crippen molar-refractivity contribution in [1.29, 1.82) is 0 Å². The van der Waals surface area contributed by atoms with Gasteiger partial charge in [0.05, 0.1) is 12.0 Å².